The molecule has 1 aliphatic heterocycles. The smallest absolute Gasteiger partial charge is 0.213 e. The minimum atomic E-state index is -3.03. The van der Waals surface area contributed by atoms with E-state index >= 15 is 0 Å². The first-order valence-corrected chi connectivity index (χ1v) is 10.2. The van der Waals surface area contributed by atoms with Gasteiger partial charge in [0.15, 0.2) is 0 Å². The van der Waals surface area contributed by atoms with Crippen LogP contribution in [0.5, 0.6) is 0 Å². The summed E-state index contributed by atoms with van der Waals surface area (Å²) in [5, 5.41) is 3.48. The Morgan fingerprint density at radius 2 is 2.15 bits per heavy atom. The molecule has 0 saturated carbocycles. The van der Waals surface area contributed by atoms with Crippen LogP contribution in [0, 0.1) is 0 Å². The van der Waals surface area contributed by atoms with Gasteiger partial charge in [-0.25, -0.2) is 12.7 Å². The highest BCUT2D eigenvalue weighted by Gasteiger charge is 2.26. The van der Waals surface area contributed by atoms with Crippen LogP contribution in [0.1, 0.15) is 24.6 Å². The van der Waals surface area contributed by atoms with Gasteiger partial charge in [-0.05, 0) is 41.8 Å². The summed E-state index contributed by atoms with van der Waals surface area (Å²) in [6.45, 7) is 3.70. The lowest BCUT2D eigenvalue weighted by Crippen LogP contribution is -2.45. The monoisotopic (exact) mass is 400 g/mol. The lowest BCUT2D eigenvalue weighted by molar-refractivity contribution is 0.289. The molecular weight excluding hydrogens is 384 g/mol. The third kappa shape index (κ3) is 4.18. The molecule has 0 aliphatic carbocycles. The van der Waals surface area contributed by atoms with Crippen molar-refractivity contribution in [2.45, 2.75) is 32.4 Å². The van der Waals surface area contributed by atoms with Gasteiger partial charge in [-0.15, -0.1) is 11.3 Å². The Morgan fingerprint density at radius 3 is 2.65 bits per heavy atom. The maximum atomic E-state index is 11.8. The maximum Gasteiger partial charge on any atom is 0.213 e. The highest BCUT2D eigenvalue weighted by Crippen LogP contribution is 2.32. The molecule has 114 valence electrons. The van der Waals surface area contributed by atoms with Crippen molar-refractivity contribution in [2.24, 2.45) is 0 Å². The van der Waals surface area contributed by atoms with Crippen molar-refractivity contribution in [2.75, 3.05) is 18.8 Å². The third-order valence-electron chi connectivity index (χ3n) is 3.47. The maximum absolute atomic E-state index is 11.8. The van der Waals surface area contributed by atoms with Crippen molar-refractivity contribution in [1.82, 2.24) is 9.62 Å². The van der Waals surface area contributed by atoms with Crippen molar-refractivity contribution < 1.29 is 8.42 Å². The van der Waals surface area contributed by atoms with E-state index in [2.05, 4.69) is 21.2 Å². The molecule has 0 amide bonds. The van der Waals surface area contributed by atoms with E-state index in [0.717, 1.165) is 28.2 Å². The Labute approximate surface area is 137 Å². The largest absolute Gasteiger partial charge is 0.309 e. The van der Waals surface area contributed by atoms with Gasteiger partial charge in [0.05, 0.1) is 5.75 Å². The number of thiophene rings is 1. The highest BCUT2D eigenvalue weighted by atomic mass is 79.9. The molecule has 1 aliphatic rings. The van der Waals surface area contributed by atoms with Crippen LogP contribution in [-0.2, 0) is 16.6 Å². The number of piperidine rings is 1. The normalized spacial score (nSPS) is 18.6. The van der Waals surface area contributed by atoms with Gasteiger partial charge in [0.1, 0.15) is 4.34 Å². The fraction of sp³-hybridized carbons (Fsp3) is 0.667. The zero-order chi connectivity index (χ0) is 14.8. The molecule has 4 nitrogen and oxygen atoms in total. The van der Waals surface area contributed by atoms with E-state index in [1.54, 1.807) is 22.6 Å². The van der Waals surface area contributed by atoms with Gasteiger partial charge in [-0.3, -0.25) is 0 Å². The number of halogens is 2. The van der Waals surface area contributed by atoms with Gasteiger partial charge in [0.2, 0.25) is 10.0 Å². The molecule has 2 rings (SSSR count). The summed E-state index contributed by atoms with van der Waals surface area (Å²) < 4.78 is 26.8. The van der Waals surface area contributed by atoms with Crippen molar-refractivity contribution in [3.8, 4) is 0 Å². The van der Waals surface area contributed by atoms with Gasteiger partial charge in [0.25, 0.3) is 0 Å². The molecular formula is C12H18BrClN2O2S2. The second-order valence-electron chi connectivity index (χ2n) is 4.79. The summed E-state index contributed by atoms with van der Waals surface area (Å²) in [5.74, 6) is 0.187. The number of hydrogen-bond acceptors (Lipinski definition) is 4. The number of sulfonamides is 1. The van der Waals surface area contributed by atoms with Crippen LogP contribution < -0.4 is 5.32 Å². The Bertz CT molecular complexity index is 534. The fourth-order valence-electron chi connectivity index (χ4n) is 2.24. The molecule has 0 atom stereocenters. The minimum absolute atomic E-state index is 0.187. The Kier molecular flexibility index (Phi) is 5.90. The van der Waals surface area contributed by atoms with E-state index < -0.39 is 10.0 Å². The molecule has 1 saturated heterocycles. The molecule has 8 heteroatoms. The summed E-state index contributed by atoms with van der Waals surface area (Å²) >= 11 is 11.0. The standard InChI is InChI=1S/C12H18BrClN2O2S2/c1-2-20(17,18)16-5-3-9(4-6-16)15-8-10-7-11(13)12(14)19-10/h7,9,15H,2-6,8H2,1H3. The molecule has 1 N–H and O–H groups in total. The Morgan fingerprint density at radius 1 is 1.50 bits per heavy atom. The molecule has 2 heterocycles. The molecule has 0 spiro atoms. The summed E-state index contributed by atoms with van der Waals surface area (Å²) in [6.07, 6.45) is 1.72. The molecule has 1 aromatic rings. The first kappa shape index (κ1) is 16.7. The zero-order valence-corrected chi connectivity index (χ0v) is 15.2. The first-order chi connectivity index (χ1) is 9.42. The van der Waals surface area contributed by atoms with Gasteiger partial charge in [-0.1, -0.05) is 11.6 Å². The van der Waals surface area contributed by atoms with Gasteiger partial charge in [0, 0.05) is 35.0 Å². The summed E-state index contributed by atoms with van der Waals surface area (Å²) in [5.41, 5.74) is 0. The average Bonchev–Trinajstić information content (AvgIpc) is 2.76. The molecule has 1 fully saturated rings. The number of rotatable bonds is 5. The van der Waals surface area contributed by atoms with Crippen LogP contribution in [0.3, 0.4) is 0 Å². The second-order valence-corrected chi connectivity index (χ2v) is 9.64. The molecule has 20 heavy (non-hydrogen) atoms. The van der Waals surface area contributed by atoms with E-state index in [-0.39, 0.29) is 5.75 Å². The number of nitrogens with one attached hydrogen (secondary N) is 1. The highest BCUT2D eigenvalue weighted by molar-refractivity contribution is 9.10. The molecule has 0 unspecified atom stereocenters. The molecule has 0 aromatic carbocycles. The van der Waals surface area contributed by atoms with Crippen LogP contribution in [0.15, 0.2) is 10.5 Å². The molecule has 0 bridgehead atoms. The van der Waals surface area contributed by atoms with Crippen molar-refractivity contribution >= 4 is 48.9 Å². The minimum Gasteiger partial charge on any atom is -0.309 e. The predicted octanol–water partition coefficient (Wildman–Crippen LogP) is 3.07. The van der Waals surface area contributed by atoms with Crippen LogP contribution in [0.25, 0.3) is 0 Å². The van der Waals surface area contributed by atoms with Crippen LogP contribution in [-0.4, -0.2) is 37.6 Å². The quantitative estimate of drug-likeness (QED) is 0.825. The van der Waals surface area contributed by atoms with Crippen LogP contribution in [0.4, 0.5) is 0 Å². The topological polar surface area (TPSA) is 49.4 Å². The first-order valence-electron chi connectivity index (χ1n) is 6.57. The van der Waals surface area contributed by atoms with Crippen molar-refractivity contribution in [3.05, 3.63) is 19.8 Å². The second kappa shape index (κ2) is 7.07. The Hall–Kier alpha value is 0.340. The number of hydrogen-bond donors (Lipinski definition) is 1. The number of nitrogens with zero attached hydrogens (tertiary/aromatic N) is 1. The Balaban J connectivity index is 1.80. The van der Waals surface area contributed by atoms with E-state index in [1.807, 2.05) is 6.07 Å². The molecule has 1 aromatic heterocycles. The van der Waals surface area contributed by atoms with Gasteiger partial charge in [-0.2, -0.15) is 0 Å². The average molecular weight is 402 g/mol. The summed E-state index contributed by atoms with van der Waals surface area (Å²) in [6, 6.07) is 2.40. The van der Waals surface area contributed by atoms with E-state index in [9.17, 15) is 8.42 Å². The summed E-state index contributed by atoms with van der Waals surface area (Å²) in [7, 11) is -3.03. The zero-order valence-electron chi connectivity index (χ0n) is 11.2. The summed E-state index contributed by atoms with van der Waals surface area (Å²) in [4.78, 5) is 1.19. The van der Waals surface area contributed by atoms with E-state index in [0.29, 0.717) is 19.1 Å². The third-order valence-corrected chi connectivity index (χ3v) is 7.83. The van der Waals surface area contributed by atoms with Gasteiger partial charge >= 0.3 is 0 Å². The lowest BCUT2D eigenvalue weighted by Gasteiger charge is -2.31. The van der Waals surface area contributed by atoms with Gasteiger partial charge < -0.3 is 5.32 Å². The SMILES string of the molecule is CCS(=O)(=O)N1CCC(NCc2cc(Br)c(Cl)s2)CC1. The molecule has 0 radical (unpaired) electrons. The van der Waals surface area contributed by atoms with Crippen LogP contribution in [0.2, 0.25) is 4.34 Å². The fourth-order valence-corrected chi connectivity index (χ4v) is 5.12. The lowest BCUT2D eigenvalue weighted by atomic mass is 10.1. The van der Waals surface area contributed by atoms with E-state index in [1.165, 1.54) is 4.88 Å². The van der Waals surface area contributed by atoms with E-state index in [4.69, 9.17) is 11.6 Å². The van der Waals surface area contributed by atoms with Crippen LogP contribution >= 0.6 is 38.9 Å². The van der Waals surface area contributed by atoms with Crippen molar-refractivity contribution in [3.63, 3.8) is 0 Å². The van der Waals surface area contributed by atoms with Crippen molar-refractivity contribution in [1.29, 1.82) is 0 Å². The predicted molar refractivity (Wildman–Crippen MR) is 87.9 cm³/mol.